The van der Waals surface area contributed by atoms with E-state index in [0.717, 1.165) is 17.7 Å². The predicted molar refractivity (Wildman–Crippen MR) is 108 cm³/mol. The summed E-state index contributed by atoms with van der Waals surface area (Å²) in [6, 6.07) is 14.3. The Balaban J connectivity index is 1.89. The lowest BCUT2D eigenvalue weighted by atomic mass is 10.1. The normalized spacial score (nSPS) is 12.7. The van der Waals surface area contributed by atoms with Crippen molar-refractivity contribution in [2.24, 2.45) is 5.92 Å². The summed E-state index contributed by atoms with van der Waals surface area (Å²) in [5.74, 6) is 0.254. The maximum atomic E-state index is 12.3. The van der Waals surface area contributed by atoms with E-state index in [1.165, 1.54) is 0 Å². The van der Waals surface area contributed by atoms with Gasteiger partial charge in [-0.1, -0.05) is 43.6 Å². The fourth-order valence-electron chi connectivity index (χ4n) is 2.34. The van der Waals surface area contributed by atoms with Gasteiger partial charge in [0.1, 0.15) is 5.75 Å². The Morgan fingerprint density at radius 1 is 1.07 bits per heavy atom. The third kappa shape index (κ3) is 6.61. The molecule has 0 saturated carbocycles. The van der Waals surface area contributed by atoms with Crippen LogP contribution in [-0.2, 0) is 16.1 Å². The molecule has 0 aliphatic rings. The minimum absolute atomic E-state index is 0.0118. The Hall–Kier alpha value is -2.53. The molecule has 27 heavy (non-hydrogen) atoms. The number of anilines is 1. The first-order chi connectivity index (χ1) is 12.9. The summed E-state index contributed by atoms with van der Waals surface area (Å²) in [5.41, 5.74) is 1.61. The van der Waals surface area contributed by atoms with Crippen molar-refractivity contribution in [2.45, 2.75) is 39.8 Å². The molecule has 0 heterocycles. The minimum atomic E-state index is -0.656. The highest BCUT2D eigenvalue weighted by Crippen LogP contribution is 2.18. The molecule has 2 unspecified atom stereocenters. The highest BCUT2D eigenvalue weighted by atomic mass is 35.5. The minimum Gasteiger partial charge on any atom is -0.481 e. The molecule has 0 bridgehead atoms. The maximum Gasteiger partial charge on any atom is 0.261 e. The van der Waals surface area contributed by atoms with Gasteiger partial charge in [0, 0.05) is 23.2 Å². The topological polar surface area (TPSA) is 67.4 Å². The highest BCUT2D eigenvalue weighted by molar-refractivity contribution is 6.30. The molecule has 0 saturated heterocycles. The largest absolute Gasteiger partial charge is 0.481 e. The van der Waals surface area contributed by atoms with Crippen LogP contribution in [0.1, 0.15) is 32.8 Å². The molecule has 0 aliphatic carbocycles. The van der Waals surface area contributed by atoms with E-state index in [2.05, 4.69) is 10.6 Å². The monoisotopic (exact) mass is 388 g/mol. The number of nitrogens with one attached hydrogen (secondary N) is 2. The van der Waals surface area contributed by atoms with Gasteiger partial charge in [-0.25, -0.2) is 0 Å². The van der Waals surface area contributed by atoms with Gasteiger partial charge in [0.25, 0.3) is 5.91 Å². The second-order valence-electron chi connectivity index (χ2n) is 6.43. The summed E-state index contributed by atoms with van der Waals surface area (Å²) < 4.78 is 5.61. The second kappa shape index (κ2) is 9.97. The predicted octanol–water partition coefficient (Wildman–Crippen LogP) is 4.41. The standard InChI is InChI=1S/C21H25ClN2O3/c1-4-14(2)20(25)24-18-9-5-7-16(11-18)13-23-21(26)15(3)27-19-10-6-8-17(22)12-19/h5-12,14-15H,4,13H2,1-3H3,(H,23,26)(H,24,25). The van der Waals surface area contributed by atoms with Crippen LogP contribution in [0.15, 0.2) is 48.5 Å². The van der Waals surface area contributed by atoms with E-state index >= 15 is 0 Å². The summed E-state index contributed by atoms with van der Waals surface area (Å²) in [5, 5.41) is 6.28. The first kappa shape index (κ1) is 20.8. The quantitative estimate of drug-likeness (QED) is 0.703. The number of benzene rings is 2. The van der Waals surface area contributed by atoms with Crippen molar-refractivity contribution in [3.8, 4) is 5.75 Å². The van der Waals surface area contributed by atoms with Crippen molar-refractivity contribution in [3.63, 3.8) is 0 Å². The molecule has 2 N–H and O–H groups in total. The lowest BCUT2D eigenvalue weighted by Gasteiger charge is -2.15. The molecule has 0 aliphatic heterocycles. The third-order valence-corrected chi connectivity index (χ3v) is 4.43. The maximum absolute atomic E-state index is 12.3. The van der Waals surface area contributed by atoms with Gasteiger partial charge in [-0.05, 0) is 49.2 Å². The molecule has 0 aromatic heterocycles. The van der Waals surface area contributed by atoms with Crippen LogP contribution in [0.3, 0.4) is 0 Å². The number of hydrogen-bond acceptors (Lipinski definition) is 3. The Bertz CT molecular complexity index is 795. The number of rotatable bonds is 8. The van der Waals surface area contributed by atoms with Gasteiger partial charge in [-0.3, -0.25) is 9.59 Å². The summed E-state index contributed by atoms with van der Waals surface area (Å²) >= 11 is 5.92. The van der Waals surface area contributed by atoms with E-state index in [-0.39, 0.29) is 17.7 Å². The SMILES string of the molecule is CCC(C)C(=O)Nc1cccc(CNC(=O)C(C)Oc2cccc(Cl)c2)c1. The molecule has 5 nitrogen and oxygen atoms in total. The Labute approximate surface area is 165 Å². The van der Waals surface area contributed by atoms with E-state index in [9.17, 15) is 9.59 Å². The molecule has 144 valence electrons. The molecule has 2 aromatic rings. The molecule has 0 radical (unpaired) electrons. The summed E-state index contributed by atoms with van der Waals surface area (Å²) in [7, 11) is 0. The van der Waals surface area contributed by atoms with E-state index in [1.807, 2.05) is 38.1 Å². The lowest BCUT2D eigenvalue weighted by Crippen LogP contribution is -2.35. The molecule has 0 fully saturated rings. The molecule has 2 aromatic carbocycles. The molecule has 6 heteroatoms. The molecule has 2 amide bonds. The first-order valence-corrected chi connectivity index (χ1v) is 9.36. The van der Waals surface area contributed by atoms with Gasteiger partial charge in [0.05, 0.1) is 0 Å². The van der Waals surface area contributed by atoms with Crippen molar-refractivity contribution in [2.75, 3.05) is 5.32 Å². The number of carbonyl (C=O) groups is 2. The third-order valence-electron chi connectivity index (χ3n) is 4.20. The van der Waals surface area contributed by atoms with Crippen molar-refractivity contribution < 1.29 is 14.3 Å². The molecule has 2 atom stereocenters. The number of carbonyl (C=O) groups excluding carboxylic acids is 2. The summed E-state index contributed by atoms with van der Waals surface area (Å²) in [6.45, 7) is 5.89. The zero-order valence-electron chi connectivity index (χ0n) is 15.8. The first-order valence-electron chi connectivity index (χ1n) is 8.98. The number of ether oxygens (including phenoxy) is 1. The molecular weight excluding hydrogens is 364 g/mol. The van der Waals surface area contributed by atoms with Crippen LogP contribution in [0.4, 0.5) is 5.69 Å². The molecular formula is C21H25ClN2O3. The number of halogens is 1. The average molecular weight is 389 g/mol. The average Bonchev–Trinajstić information content (AvgIpc) is 2.65. The smallest absolute Gasteiger partial charge is 0.261 e. The van der Waals surface area contributed by atoms with Crippen LogP contribution in [0.2, 0.25) is 5.02 Å². The lowest BCUT2D eigenvalue weighted by molar-refractivity contribution is -0.127. The van der Waals surface area contributed by atoms with Gasteiger partial charge in [0.2, 0.25) is 5.91 Å². The van der Waals surface area contributed by atoms with Crippen LogP contribution in [0.5, 0.6) is 5.75 Å². The van der Waals surface area contributed by atoms with E-state index in [4.69, 9.17) is 16.3 Å². The van der Waals surface area contributed by atoms with Gasteiger partial charge >= 0.3 is 0 Å². The van der Waals surface area contributed by atoms with Crippen molar-refractivity contribution in [1.29, 1.82) is 0 Å². The second-order valence-corrected chi connectivity index (χ2v) is 6.87. The Morgan fingerprint density at radius 2 is 1.81 bits per heavy atom. The number of amides is 2. The fraction of sp³-hybridized carbons (Fsp3) is 0.333. The fourth-order valence-corrected chi connectivity index (χ4v) is 2.52. The number of hydrogen-bond donors (Lipinski definition) is 2. The summed E-state index contributed by atoms with van der Waals surface area (Å²) in [6.07, 6.45) is 0.128. The van der Waals surface area contributed by atoms with Gasteiger partial charge in [-0.15, -0.1) is 0 Å². The zero-order valence-corrected chi connectivity index (χ0v) is 16.5. The van der Waals surface area contributed by atoms with Crippen LogP contribution < -0.4 is 15.4 Å². The van der Waals surface area contributed by atoms with Crippen LogP contribution in [0, 0.1) is 5.92 Å². The molecule has 0 spiro atoms. The van der Waals surface area contributed by atoms with Crippen LogP contribution in [-0.4, -0.2) is 17.9 Å². The van der Waals surface area contributed by atoms with E-state index < -0.39 is 6.10 Å². The summed E-state index contributed by atoms with van der Waals surface area (Å²) in [4.78, 5) is 24.3. The highest BCUT2D eigenvalue weighted by Gasteiger charge is 2.15. The van der Waals surface area contributed by atoms with Gasteiger partial charge in [-0.2, -0.15) is 0 Å². The van der Waals surface area contributed by atoms with Crippen molar-refractivity contribution in [3.05, 3.63) is 59.1 Å². The zero-order chi connectivity index (χ0) is 19.8. The van der Waals surface area contributed by atoms with Crippen molar-refractivity contribution >= 4 is 29.1 Å². The van der Waals surface area contributed by atoms with Gasteiger partial charge < -0.3 is 15.4 Å². The van der Waals surface area contributed by atoms with Crippen molar-refractivity contribution in [1.82, 2.24) is 5.32 Å². The van der Waals surface area contributed by atoms with Gasteiger partial charge in [0.15, 0.2) is 6.10 Å². The van der Waals surface area contributed by atoms with E-state index in [0.29, 0.717) is 17.3 Å². The van der Waals surface area contributed by atoms with Crippen LogP contribution in [0.25, 0.3) is 0 Å². The van der Waals surface area contributed by atoms with E-state index in [1.54, 1.807) is 31.2 Å². The Morgan fingerprint density at radius 3 is 2.52 bits per heavy atom. The molecule has 2 rings (SSSR count). The Kier molecular flexibility index (Phi) is 7.67. The van der Waals surface area contributed by atoms with Crippen LogP contribution >= 0.6 is 11.6 Å².